The zero-order chi connectivity index (χ0) is 27.3. The van der Waals surface area contributed by atoms with Gasteiger partial charge in [-0.2, -0.15) is 13.2 Å². The van der Waals surface area contributed by atoms with Crippen LogP contribution in [0.4, 0.5) is 13.2 Å². The summed E-state index contributed by atoms with van der Waals surface area (Å²) in [6, 6.07) is 12.1. The number of ether oxygens (including phenoxy) is 1. The summed E-state index contributed by atoms with van der Waals surface area (Å²) in [7, 11) is 0. The highest BCUT2D eigenvalue weighted by Gasteiger charge is 2.35. The van der Waals surface area contributed by atoms with Crippen molar-refractivity contribution in [3.63, 3.8) is 0 Å². The van der Waals surface area contributed by atoms with E-state index in [4.69, 9.17) is 9.84 Å². The summed E-state index contributed by atoms with van der Waals surface area (Å²) in [6.07, 6.45) is -0.399. The number of rotatable bonds is 9. The minimum Gasteiger partial charge on any atom is -0.482 e. The molecule has 1 saturated carbocycles. The van der Waals surface area contributed by atoms with Crippen LogP contribution in [0.25, 0.3) is 0 Å². The molecular formula is C27H30F3N3O5. The summed E-state index contributed by atoms with van der Waals surface area (Å²) in [5, 5.41) is 13.9. The number of carbonyl (C=O) groups is 3. The SMILES string of the molecule is O=C(O)COc1ccc([C@H]2CC[C@@H](N3CC(NC(=O)CNC(=O)c4cccc(C(F)(F)F)c4)C3)CC2)cc1. The summed E-state index contributed by atoms with van der Waals surface area (Å²) >= 11 is 0. The quantitative estimate of drug-likeness (QED) is 0.456. The highest BCUT2D eigenvalue weighted by atomic mass is 19.4. The molecule has 3 N–H and O–H groups in total. The number of nitrogens with zero attached hydrogens (tertiary/aromatic N) is 1. The van der Waals surface area contributed by atoms with Crippen LogP contribution in [-0.2, 0) is 15.8 Å². The fourth-order valence-corrected chi connectivity index (χ4v) is 5.04. The predicted molar refractivity (Wildman–Crippen MR) is 132 cm³/mol. The van der Waals surface area contributed by atoms with E-state index in [0.29, 0.717) is 17.7 Å². The molecule has 11 heteroatoms. The van der Waals surface area contributed by atoms with Gasteiger partial charge in [-0.15, -0.1) is 0 Å². The van der Waals surface area contributed by atoms with Crippen LogP contribution < -0.4 is 15.4 Å². The Hall–Kier alpha value is -3.60. The lowest BCUT2D eigenvalue weighted by Crippen LogP contribution is -2.63. The van der Waals surface area contributed by atoms with Gasteiger partial charge in [-0.1, -0.05) is 18.2 Å². The molecule has 0 unspecified atom stereocenters. The van der Waals surface area contributed by atoms with Crippen molar-refractivity contribution in [3.05, 3.63) is 65.2 Å². The minimum atomic E-state index is -4.55. The summed E-state index contributed by atoms with van der Waals surface area (Å²) in [4.78, 5) is 37.3. The molecule has 38 heavy (non-hydrogen) atoms. The molecule has 0 spiro atoms. The summed E-state index contributed by atoms with van der Waals surface area (Å²) in [5.41, 5.74) is 0.145. The number of halogens is 3. The van der Waals surface area contributed by atoms with E-state index >= 15 is 0 Å². The number of nitrogens with one attached hydrogen (secondary N) is 2. The van der Waals surface area contributed by atoms with Gasteiger partial charge in [0.2, 0.25) is 5.91 Å². The number of benzene rings is 2. The van der Waals surface area contributed by atoms with Crippen LogP contribution in [0.3, 0.4) is 0 Å². The van der Waals surface area contributed by atoms with Gasteiger partial charge < -0.3 is 20.5 Å². The molecule has 204 valence electrons. The Balaban J connectivity index is 1.14. The predicted octanol–water partition coefficient (Wildman–Crippen LogP) is 3.43. The van der Waals surface area contributed by atoms with Gasteiger partial charge in [0.25, 0.3) is 5.91 Å². The fraction of sp³-hybridized carbons (Fsp3) is 0.444. The lowest BCUT2D eigenvalue weighted by Gasteiger charge is -2.46. The third kappa shape index (κ3) is 7.25. The first kappa shape index (κ1) is 27.4. The van der Waals surface area contributed by atoms with Crippen molar-refractivity contribution in [3.8, 4) is 5.75 Å². The Morgan fingerprint density at radius 2 is 1.68 bits per heavy atom. The molecule has 8 nitrogen and oxygen atoms in total. The van der Waals surface area contributed by atoms with E-state index in [1.165, 1.54) is 11.6 Å². The molecule has 1 aliphatic heterocycles. The normalized spacial score (nSPS) is 20.3. The molecule has 0 atom stereocenters. The van der Waals surface area contributed by atoms with E-state index < -0.39 is 23.6 Å². The van der Waals surface area contributed by atoms with Gasteiger partial charge in [0.1, 0.15) is 5.75 Å². The minimum absolute atomic E-state index is 0.0240. The number of hydrogen-bond acceptors (Lipinski definition) is 5. The topological polar surface area (TPSA) is 108 Å². The van der Waals surface area contributed by atoms with Crippen molar-refractivity contribution in [1.82, 2.24) is 15.5 Å². The number of amides is 2. The Labute approximate surface area is 218 Å². The molecule has 1 heterocycles. The average Bonchev–Trinajstić information content (AvgIpc) is 2.88. The second-order valence-electron chi connectivity index (χ2n) is 9.74. The summed E-state index contributed by atoms with van der Waals surface area (Å²) in [5.74, 6) is -1.15. The average molecular weight is 534 g/mol. The highest BCUT2D eigenvalue weighted by Crippen LogP contribution is 2.36. The van der Waals surface area contributed by atoms with Gasteiger partial charge in [-0.25, -0.2) is 4.79 Å². The Morgan fingerprint density at radius 1 is 1.00 bits per heavy atom. The Kier molecular flexibility index (Phi) is 8.55. The van der Waals surface area contributed by atoms with Gasteiger partial charge >= 0.3 is 12.1 Å². The van der Waals surface area contributed by atoms with Gasteiger partial charge in [0, 0.05) is 24.7 Å². The fourth-order valence-electron chi connectivity index (χ4n) is 5.04. The van der Waals surface area contributed by atoms with Crippen molar-refractivity contribution >= 4 is 17.8 Å². The largest absolute Gasteiger partial charge is 0.482 e. The summed E-state index contributed by atoms with van der Waals surface area (Å²) < 4.78 is 43.7. The van der Waals surface area contributed by atoms with E-state index in [1.807, 2.05) is 12.1 Å². The van der Waals surface area contributed by atoms with Crippen LogP contribution >= 0.6 is 0 Å². The van der Waals surface area contributed by atoms with E-state index in [-0.39, 0.29) is 30.7 Å². The maximum absolute atomic E-state index is 12.8. The molecule has 2 aromatic carbocycles. The molecule has 2 fully saturated rings. The zero-order valence-corrected chi connectivity index (χ0v) is 20.7. The van der Waals surface area contributed by atoms with Crippen molar-refractivity contribution < 1.29 is 37.4 Å². The highest BCUT2D eigenvalue weighted by molar-refractivity contribution is 5.96. The van der Waals surface area contributed by atoms with Crippen LogP contribution in [0.5, 0.6) is 5.75 Å². The molecule has 0 aromatic heterocycles. The number of likely N-dealkylation sites (tertiary alicyclic amines) is 1. The van der Waals surface area contributed by atoms with Gasteiger partial charge in [-0.05, 0) is 67.5 Å². The Morgan fingerprint density at radius 3 is 2.32 bits per heavy atom. The van der Waals surface area contributed by atoms with Crippen molar-refractivity contribution in [2.75, 3.05) is 26.2 Å². The smallest absolute Gasteiger partial charge is 0.416 e. The van der Waals surface area contributed by atoms with Crippen molar-refractivity contribution in [2.45, 2.75) is 49.9 Å². The van der Waals surface area contributed by atoms with Crippen LogP contribution in [0.15, 0.2) is 48.5 Å². The lowest BCUT2D eigenvalue weighted by atomic mass is 9.80. The molecule has 2 aliphatic rings. The standard InChI is InChI=1S/C27H30F3N3O5/c28-27(29,30)20-3-1-2-19(12-20)26(37)31-13-24(34)32-21-14-33(15-21)22-8-4-17(5-9-22)18-6-10-23(11-7-18)38-16-25(35)36/h1-3,6-7,10-12,17,21-22H,4-5,8-9,13-16H2,(H,31,37)(H,32,34)(H,35,36)/t17-,22+. The second kappa shape index (κ2) is 11.8. The van der Waals surface area contributed by atoms with E-state index in [1.54, 1.807) is 12.1 Å². The number of carboxylic acids is 1. The number of carbonyl (C=O) groups excluding carboxylic acids is 2. The Bertz CT molecular complexity index is 1140. The first-order valence-electron chi connectivity index (χ1n) is 12.5. The third-order valence-electron chi connectivity index (χ3n) is 7.06. The number of aliphatic carboxylic acids is 1. The second-order valence-corrected chi connectivity index (χ2v) is 9.74. The monoisotopic (exact) mass is 533 g/mol. The molecule has 0 radical (unpaired) electrons. The molecule has 2 aromatic rings. The van der Waals surface area contributed by atoms with Gasteiger partial charge in [0.05, 0.1) is 18.2 Å². The summed E-state index contributed by atoms with van der Waals surface area (Å²) in [6.45, 7) is 0.767. The van der Waals surface area contributed by atoms with Crippen LogP contribution in [0, 0.1) is 0 Å². The van der Waals surface area contributed by atoms with Crippen LogP contribution in [0.1, 0.15) is 53.1 Å². The molecule has 1 aliphatic carbocycles. The van der Waals surface area contributed by atoms with E-state index in [2.05, 4.69) is 15.5 Å². The first-order valence-corrected chi connectivity index (χ1v) is 12.5. The van der Waals surface area contributed by atoms with Crippen LogP contribution in [0.2, 0.25) is 0 Å². The van der Waals surface area contributed by atoms with Crippen molar-refractivity contribution in [1.29, 1.82) is 0 Å². The molecule has 2 amide bonds. The van der Waals surface area contributed by atoms with E-state index in [9.17, 15) is 27.6 Å². The number of carboxylic acid groups (broad SMARTS) is 1. The molecular weight excluding hydrogens is 503 g/mol. The third-order valence-corrected chi connectivity index (χ3v) is 7.06. The zero-order valence-electron chi connectivity index (χ0n) is 20.7. The van der Waals surface area contributed by atoms with Crippen molar-refractivity contribution in [2.24, 2.45) is 0 Å². The molecule has 0 bridgehead atoms. The van der Waals surface area contributed by atoms with Gasteiger partial charge in [-0.3, -0.25) is 14.5 Å². The number of hydrogen-bond donors (Lipinski definition) is 3. The first-order chi connectivity index (χ1) is 18.1. The van der Waals surface area contributed by atoms with Crippen LogP contribution in [-0.4, -0.2) is 66.1 Å². The molecule has 4 rings (SSSR count). The van der Waals surface area contributed by atoms with Gasteiger partial charge in [0.15, 0.2) is 6.61 Å². The van der Waals surface area contributed by atoms with E-state index in [0.717, 1.165) is 57.0 Å². The maximum Gasteiger partial charge on any atom is 0.416 e. The maximum atomic E-state index is 12.8. The molecule has 1 saturated heterocycles. The number of alkyl halides is 3. The lowest BCUT2D eigenvalue weighted by molar-refractivity contribution is -0.139.